The quantitative estimate of drug-likeness (QED) is 0.400. The summed E-state index contributed by atoms with van der Waals surface area (Å²) in [6, 6.07) is 21.0. The number of para-hydroxylation sites is 1. The second-order valence-corrected chi connectivity index (χ2v) is 8.09. The molecule has 3 heterocycles. The van der Waals surface area contributed by atoms with Gasteiger partial charge in [0.15, 0.2) is 0 Å². The summed E-state index contributed by atoms with van der Waals surface area (Å²) in [5, 5.41) is 5.39. The predicted octanol–water partition coefficient (Wildman–Crippen LogP) is 5.70. The molecule has 2 aromatic carbocycles. The topological polar surface area (TPSA) is 81.7 Å². The van der Waals surface area contributed by atoms with Gasteiger partial charge in [-0.1, -0.05) is 30.3 Å². The molecule has 0 bridgehead atoms. The van der Waals surface area contributed by atoms with Gasteiger partial charge in [0.25, 0.3) is 0 Å². The molecule has 152 valence electrons. The molecular weight excluding hydrogens is 384 g/mol. The minimum Gasteiger partial charge on any atom is -0.383 e. The number of fused-ring (bicyclic) bond motifs is 2. The van der Waals surface area contributed by atoms with Crippen molar-refractivity contribution in [3.05, 3.63) is 73.2 Å². The van der Waals surface area contributed by atoms with Crippen LogP contribution in [0.25, 0.3) is 33.1 Å². The lowest BCUT2D eigenvalue weighted by molar-refractivity contribution is 0.320. The van der Waals surface area contributed by atoms with Crippen molar-refractivity contribution in [1.82, 2.24) is 19.5 Å². The zero-order valence-corrected chi connectivity index (χ0v) is 17.0. The van der Waals surface area contributed by atoms with Crippen LogP contribution in [0.2, 0.25) is 0 Å². The van der Waals surface area contributed by atoms with E-state index in [1.54, 1.807) is 6.33 Å². The molecule has 3 aromatic heterocycles. The van der Waals surface area contributed by atoms with E-state index in [0.717, 1.165) is 44.6 Å². The molecular formula is C25H22N6. The maximum atomic E-state index is 6.30. The highest BCUT2D eigenvalue weighted by Crippen LogP contribution is 2.40. The van der Waals surface area contributed by atoms with E-state index in [9.17, 15) is 0 Å². The van der Waals surface area contributed by atoms with Gasteiger partial charge in [-0.25, -0.2) is 15.0 Å². The first-order chi connectivity index (χ1) is 15.3. The number of nitrogens with two attached hydrogens (primary N) is 1. The van der Waals surface area contributed by atoms with Crippen LogP contribution in [0, 0.1) is 0 Å². The number of nitrogens with zero attached hydrogens (tertiary/aromatic N) is 4. The minimum absolute atomic E-state index is 0.491. The zero-order chi connectivity index (χ0) is 20.8. The fourth-order valence-electron chi connectivity index (χ4n) is 4.29. The van der Waals surface area contributed by atoms with Gasteiger partial charge in [0, 0.05) is 28.9 Å². The molecule has 0 unspecified atom stereocenters. The second-order valence-electron chi connectivity index (χ2n) is 8.09. The molecule has 31 heavy (non-hydrogen) atoms. The molecule has 0 saturated heterocycles. The van der Waals surface area contributed by atoms with Crippen molar-refractivity contribution in [1.29, 1.82) is 0 Å². The summed E-state index contributed by atoms with van der Waals surface area (Å²) in [7, 11) is 0. The predicted molar refractivity (Wildman–Crippen MR) is 125 cm³/mol. The Morgan fingerprint density at radius 2 is 1.81 bits per heavy atom. The number of anilines is 3. The first kappa shape index (κ1) is 17.9. The van der Waals surface area contributed by atoms with Crippen molar-refractivity contribution in [2.45, 2.75) is 25.3 Å². The molecule has 5 aromatic rings. The Hall–Kier alpha value is -3.93. The maximum Gasteiger partial charge on any atom is 0.146 e. The van der Waals surface area contributed by atoms with Crippen LogP contribution in [0.15, 0.2) is 73.2 Å². The minimum atomic E-state index is 0.491. The molecule has 0 aliphatic heterocycles. The zero-order valence-electron chi connectivity index (χ0n) is 17.0. The third-order valence-electron chi connectivity index (χ3n) is 6.16. The number of nitrogens with one attached hydrogen (secondary N) is 1. The van der Waals surface area contributed by atoms with Gasteiger partial charge in [-0.2, -0.15) is 0 Å². The fourth-order valence-corrected chi connectivity index (χ4v) is 4.29. The molecule has 0 radical (unpaired) electrons. The molecule has 0 spiro atoms. The standard InChI is InChI=1S/C25H22N6/c26-24-23-20(14-31(19-7-4-8-19)25(23)28-15-27-24)17-10-9-16-11-12-22(30-21(16)13-17)29-18-5-2-1-3-6-18/h1-3,5-6,9-15,19H,4,7-8H2,(H,29,30)(H2,26,27,28). The first-order valence-corrected chi connectivity index (χ1v) is 10.6. The number of hydrogen-bond donors (Lipinski definition) is 2. The van der Waals surface area contributed by atoms with Crippen LogP contribution in [0.1, 0.15) is 25.3 Å². The van der Waals surface area contributed by atoms with Crippen LogP contribution in [-0.2, 0) is 0 Å². The molecule has 0 atom stereocenters. The van der Waals surface area contributed by atoms with Crippen LogP contribution in [0.3, 0.4) is 0 Å². The highest BCUT2D eigenvalue weighted by molar-refractivity contribution is 6.02. The van der Waals surface area contributed by atoms with E-state index < -0.39 is 0 Å². The Bertz CT molecular complexity index is 1400. The monoisotopic (exact) mass is 406 g/mol. The van der Waals surface area contributed by atoms with E-state index in [4.69, 9.17) is 10.7 Å². The van der Waals surface area contributed by atoms with Crippen molar-refractivity contribution < 1.29 is 0 Å². The highest BCUT2D eigenvalue weighted by atomic mass is 15.1. The molecule has 1 fully saturated rings. The van der Waals surface area contributed by atoms with E-state index in [-0.39, 0.29) is 0 Å². The lowest BCUT2D eigenvalue weighted by Crippen LogP contribution is -2.16. The third-order valence-corrected chi connectivity index (χ3v) is 6.16. The van der Waals surface area contributed by atoms with E-state index in [1.807, 2.05) is 36.4 Å². The summed E-state index contributed by atoms with van der Waals surface area (Å²) >= 11 is 0. The summed E-state index contributed by atoms with van der Waals surface area (Å²) in [5.74, 6) is 1.33. The summed E-state index contributed by atoms with van der Waals surface area (Å²) in [5.41, 5.74) is 11.3. The molecule has 6 heteroatoms. The Morgan fingerprint density at radius 3 is 2.61 bits per heavy atom. The molecule has 1 aliphatic carbocycles. The Balaban J connectivity index is 1.46. The number of aromatic nitrogens is 4. The number of nitrogen functional groups attached to an aromatic ring is 1. The average Bonchev–Trinajstić information content (AvgIpc) is 3.13. The normalized spacial score (nSPS) is 14.1. The molecule has 3 N–H and O–H groups in total. The SMILES string of the molecule is Nc1ncnc2c1c(-c1ccc3ccc(Nc4ccccc4)nc3c1)cn2C1CCC1. The molecule has 6 rings (SSSR count). The molecule has 6 nitrogen and oxygen atoms in total. The average molecular weight is 406 g/mol. The number of pyridine rings is 1. The van der Waals surface area contributed by atoms with Crippen LogP contribution in [0.4, 0.5) is 17.3 Å². The van der Waals surface area contributed by atoms with E-state index >= 15 is 0 Å². The van der Waals surface area contributed by atoms with E-state index in [1.165, 1.54) is 19.3 Å². The lowest BCUT2D eigenvalue weighted by Gasteiger charge is -2.27. The van der Waals surface area contributed by atoms with Gasteiger partial charge in [-0.3, -0.25) is 0 Å². The summed E-state index contributed by atoms with van der Waals surface area (Å²) in [6.07, 6.45) is 7.37. The highest BCUT2D eigenvalue weighted by Gasteiger charge is 2.24. The fraction of sp³-hybridized carbons (Fsp3) is 0.160. The smallest absolute Gasteiger partial charge is 0.146 e. The van der Waals surface area contributed by atoms with Gasteiger partial charge in [0.1, 0.15) is 23.6 Å². The van der Waals surface area contributed by atoms with Crippen LogP contribution in [-0.4, -0.2) is 19.5 Å². The second kappa shape index (κ2) is 7.09. The lowest BCUT2D eigenvalue weighted by atomic mass is 9.93. The molecule has 0 amide bonds. The van der Waals surface area contributed by atoms with Crippen LogP contribution in [0.5, 0.6) is 0 Å². The Morgan fingerprint density at radius 1 is 0.968 bits per heavy atom. The molecule has 1 aliphatic rings. The number of hydrogen-bond acceptors (Lipinski definition) is 5. The van der Waals surface area contributed by atoms with Gasteiger partial charge in [0.05, 0.1) is 10.9 Å². The van der Waals surface area contributed by atoms with Crippen molar-refractivity contribution in [3.8, 4) is 11.1 Å². The number of rotatable bonds is 4. The van der Waals surface area contributed by atoms with Gasteiger partial charge in [0.2, 0.25) is 0 Å². The van der Waals surface area contributed by atoms with Gasteiger partial charge >= 0.3 is 0 Å². The van der Waals surface area contributed by atoms with E-state index in [0.29, 0.717) is 11.9 Å². The Kier molecular flexibility index (Phi) is 4.09. The largest absolute Gasteiger partial charge is 0.383 e. The number of benzene rings is 2. The summed E-state index contributed by atoms with van der Waals surface area (Å²) < 4.78 is 2.28. The van der Waals surface area contributed by atoms with Crippen molar-refractivity contribution in [3.63, 3.8) is 0 Å². The van der Waals surface area contributed by atoms with E-state index in [2.05, 4.69) is 50.3 Å². The van der Waals surface area contributed by atoms with Crippen molar-refractivity contribution in [2.24, 2.45) is 0 Å². The summed E-state index contributed by atoms with van der Waals surface area (Å²) in [4.78, 5) is 13.7. The van der Waals surface area contributed by atoms with Gasteiger partial charge in [-0.05, 0) is 55.2 Å². The summed E-state index contributed by atoms with van der Waals surface area (Å²) in [6.45, 7) is 0. The Labute approximate surface area is 179 Å². The van der Waals surface area contributed by atoms with Gasteiger partial charge < -0.3 is 15.6 Å². The van der Waals surface area contributed by atoms with Crippen molar-refractivity contribution >= 4 is 39.3 Å². The van der Waals surface area contributed by atoms with Crippen molar-refractivity contribution in [2.75, 3.05) is 11.1 Å². The maximum absolute atomic E-state index is 6.30. The first-order valence-electron chi connectivity index (χ1n) is 10.6. The van der Waals surface area contributed by atoms with Crippen LogP contribution < -0.4 is 11.1 Å². The molecule has 1 saturated carbocycles. The van der Waals surface area contributed by atoms with Gasteiger partial charge in [-0.15, -0.1) is 0 Å². The van der Waals surface area contributed by atoms with Crippen LogP contribution >= 0.6 is 0 Å². The third kappa shape index (κ3) is 3.08.